The second kappa shape index (κ2) is 8.19. The molecule has 0 aliphatic heterocycles. The first-order valence-corrected chi connectivity index (χ1v) is 8.97. The molecule has 1 N–H and O–H groups in total. The van der Waals surface area contributed by atoms with Crippen LogP contribution < -0.4 is 10.1 Å². The molecule has 0 aliphatic carbocycles. The third-order valence-electron chi connectivity index (χ3n) is 4.44. The number of para-hydroxylation sites is 1. The van der Waals surface area contributed by atoms with Crippen molar-refractivity contribution in [1.29, 1.82) is 0 Å². The number of amides is 1. The Labute approximate surface area is 151 Å². The number of carbonyl (C=O) groups is 1. The Balaban J connectivity index is 2.21. The summed E-state index contributed by atoms with van der Waals surface area (Å²) in [4.78, 5) is 12.8. The number of ether oxygens (including phenoxy) is 1. The third-order valence-corrected chi connectivity index (χ3v) is 4.44. The van der Waals surface area contributed by atoms with E-state index in [1.165, 1.54) is 5.56 Å². The number of hydrogen-bond donors (Lipinski definition) is 1. The molecule has 0 saturated carbocycles. The zero-order valence-electron chi connectivity index (χ0n) is 16.1. The van der Waals surface area contributed by atoms with Crippen molar-refractivity contribution in [2.75, 3.05) is 5.32 Å². The molecule has 0 saturated heterocycles. The minimum atomic E-state index is -0.513. The van der Waals surface area contributed by atoms with E-state index in [0.29, 0.717) is 12.3 Å². The molecule has 1 atom stereocenters. The molecular formula is C22H29NO2. The average molecular weight is 339 g/mol. The Morgan fingerprint density at radius 1 is 1.08 bits per heavy atom. The molecule has 0 bridgehead atoms. The summed E-state index contributed by atoms with van der Waals surface area (Å²) < 4.78 is 6.01. The van der Waals surface area contributed by atoms with E-state index in [2.05, 4.69) is 31.3 Å². The molecule has 0 aromatic heterocycles. The second-order valence-corrected chi connectivity index (χ2v) is 6.97. The molecule has 2 aromatic rings. The molecule has 3 heteroatoms. The SMILES string of the molecule is CC[C@H](Oc1ccc(C)cc1C)C(=O)Nc1c(C)cccc1C(C)C. The fraction of sp³-hybridized carbons (Fsp3) is 0.409. The van der Waals surface area contributed by atoms with Gasteiger partial charge in [0.05, 0.1) is 0 Å². The number of nitrogens with one attached hydrogen (secondary N) is 1. The lowest BCUT2D eigenvalue weighted by molar-refractivity contribution is -0.122. The van der Waals surface area contributed by atoms with Crippen LogP contribution in [0.15, 0.2) is 36.4 Å². The predicted octanol–water partition coefficient (Wildman–Crippen LogP) is 5.53. The van der Waals surface area contributed by atoms with Crippen molar-refractivity contribution in [3.63, 3.8) is 0 Å². The van der Waals surface area contributed by atoms with Gasteiger partial charge in [-0.3, -0.25) is 4.79 Å². The Bertz CT molecular complexity index is 750. The summed E-state index contributed by atoms with van der Waals surface area (Å²) in [6.45, 7) is 12.3. The highest BCUT2D eigenvalue weighted by Gasteiger charge is 2.21. The van der Waals surface area contributed by atoms with Gasteiger partial charge in [-0.05, 0) is 55.9 Å². The van der Waals surface area contributed by atoms with Crippen LogP contribution in [0.4, 0.5) is 5.69 Å². The zero-order chi connectivity index (χ0) is 18.6. The minimum absolute atomic E-state index is 0.0984. The lowest BCUT2D eigenvalue weighted by Gasteiger charge is -2.21. The summed E-state index contributed by atoms with van der Waals surface area (Å²) in [7, 11) is 0. The summed E-state index contributed by atoms with van der Waals surface area (Å²) in [6.07, 6.45) is 0.100. The maximum Gasteiger partial charge on any atom is 0.265 e. The Hall–Kier alpha value is -2.29. The molecule has 0 aliphatic rings. The average Bonchev–Trinajstić information content (AvgIpc) is 2.55. The largest absolute Gasteiger partial charge is 0.480 e. The highest BCUT2D eigenvalue weighted by Crippen LogP contribution is 2.28. The van der Waals surface area contributed by atoms with E-state index in [0.717, 1.165) is 28.1 Å². The van der Waals surface area contributed by atoms with Crippen LogP contribution in [0.5, 0.6) is 5.75 Å². The van der Waals surface area contributed by atoms with E-state index in [4.69, 9.17) is 4.74 Å². The number of anilines is 1. The second-order valence-electron chi connectivity index (χ2n) is 6.97. The Morgan fingerprint density at radius 2 is 1.80 bits per heavy atom. The van der Waals surface area contributed by atoms with E-state index in [1.807, 2.05) is 52.0 Å². The first kappa shape index (κ1) is 19.0. The van der Waals surface area contributed by atoms with Crippen LogP contribution in [0.1, 0.15) is 55.4 Å². The summed E-state index contributed by atoms with van der Waals surface area (Å²) in [5.41, 5.74) is 5.36. The monoisotopic (exact) mass is 339 g/mol. The smallest absolute Gasteiger partial charge is 0.265 e. The Kier molecular flexibility index (Phi) is 6.24. The van der Waals surface area contributed by atoms with Crippen LogP contribution in [0.3, 0.4) is 0 Å². The third kappa shape index (κ3) is 4.62. The standard InChI is InChI=1S/C22H29NO2/c1-7-19(25-20-12-11-15(4)13-17(20)6)22(24)23-21-16(5)9-8-10-18(21)14(2)3/h8-14,19H,7H2,1-6H3,(H,23,24)/t19-/m0/s1. The van der Waals surface area contributed by atoms with Gasteiger partial charge in [0.25, 0.3) is 5.91 Å². The van der Waals surface area contributed by atoms with E-state index < -0.39 is 6.10 Å². The van der Waals surface area contributed by atoms with Crippen molar-refractivity contribution < 1.29 is 9.53 Å². The number of aryl methyl sites for hydroxylation is 3. The summed E-state index contributed by atoms with van der Waals surface area (Å²) >= 11 is 0. The number of rotatable bonds is 6. The van der Waals surface area contributed by atoms with E-state index in [1.54, 1.807) is 0 Å². The number of carbonyl (C=O) groups excluding carboxylic acids is 1. The molecule has 0 unspecified atom stereocenters. The highest BCUT2D eigenvalue weighted by molar-refractivity contribution is 5.95. The molecule has 2 rings (SSSR count). The van der Waals surface area contributed by atoms with Gasteiger partial charge in [-0.2, -0.15) is 0 Å². The zero-order valence-corrected chi connectivity index (χ0v) is 16.1. The van der Waals surface area contributed by atoms with Crippen LogP contribution in [-0.4, -0.2) is 12.0 Å². The van der Waals surface area contributed by atoms with Gasteiger partial charge in [0, 0.05) is 5.69 Å². The van der Waals surface area contributed by atoms with Crippen LogP contribution in [0, 0.1) is 20.8 Å². The fourth-order valence-electron chi connectivity index (χ4n) is 2.95. The van der Waals surface area contributed by atoms with Crippen LogP contribution in [0.25, 0.3) is 0 Å². The summed E-state index contributed by atoms with van der Waals surface area (Å²) in [5.74, 6) is 1.01. The van der Waals surface area contributed by atoms with Gasteiger partial charge in [-0.1, -0.05) is 56.7 Å². The summed E-state index contributed by atoms with van der Waals surface area (Å²) in [6, 6.07) is 12.1. The fourth-order valence-corrected chi connectivity index (χ4v) is 2.95. The molecule has 25 heavy (non-hydrogen) atoms. The van der Waals surface area contributed by atoms with Crippen LogP contribution >= 0.6 is 0 Å². The van der Waals surface area contributed by atoms with Gasteiger partial charge >= 0.3 is 0 Å². The Morgan fingerprint density at radius 3 is 2.40 bits per heavy atom. The molecule has 0 radical (unpaired) electrons. The minimum Gasteiger partial charge on any atom is -0.480 e. The van der Waals surface area contributed by atoms with Crippen molar-refractivity contribution in [3.8, 4) is 5.75 Å². The lowest BCUT2D eigenvalue weighted by Crippen LogP contribution is -2.33. The van der Waals surface area contributed by atoms with Gasteiger partial charge in [-0.25, -0.2) is 0 Å². The maximum atomic E-state index is 12.8. The van der Waals surface area contributed by atoms with Gasteiger partial charge in [0.15, 0.2) is 6.10 Å². The molecule has 0 fully saturated rings. The van der Waals surface area contributed by atoms with E-state index in [9.17, 15) is 4.79 Å². The van der Waals surface area contributed by atoms with Crippen LogP contribution in [0.2, 0.25) is 0 Å². The van der Waals surface area contributed by atoms with Gasteiger partial charge in [0.2, 0.25) is 0 Å². The molecule has 2 aromatic carbocycles. The topological polar surface area (TPSA) is 38.3 Å². The van der Waals surface area contributed by atoms with Gasteiger partial charge in [0.1, 0.15) is 5.75 Å². The van der Waals surface area contributed by atoms with E-state index >= 15 is 0 Å². The summed E-state index contributed by atoms with van der Waals surface area (Å²) in [5, 5.41) is 3.10. The number of benzene rings is 2. The maximum absolute atomic E-state index is 12.8. The van der Waals surface area contributed by atoms with Crippen molar-refractivity contribution in [1.82, 2.24) is 0 Å². The number of hydrogen-bond acceptors (Lipinski definition) is 2. The van der Waals surface area contributed by atoms with E-state index in [-0.39, 0.29) is 5.91 Å². The molecule has 134 valence electrons. The van der Waals surface area contributed by atoms with Crippen molar-refractivity contribution in [2.24, 2.45) is 0 Å². The molecule has 1 amide bonds. The quantitative estimate of drug-likeness (QED) is 0.751. The van der Waals surface area contributed by atoms with Crippen LogP contribution in [-0.2, 0) is 4.79 Å². The molecular weight excluding hydrogens is 310 g/mol. The first-order chi connectivity index (χ1) is 11.8. The predicted molar refractivity (Wildman–Crippen MR) is 105 cm³/mol. The van der Waals surface area contributed by atoms with Gasteiger partial charge < -0.3 is 10.1 Å². The normalized spacial score (nSPS) is 12.1. The highest BCUT2D eigenvalue weighted by atomic mass is 16.5. The van der Waals surface area contributed by atoms with Crippen molar-refractivity contribution >= 4 is 11.6 Å². The van der Waals surface area contributed by atoms with Gasteiger partial charge in [-0.15, -0.1) is 0 Å². The first-order valence-electron chi connectivity index (χ1n) is 8.97. The molecule has 0 heterocycles. The molecule has 0 spiro atoms. The lowest BCUT2D eigenvalue weighted by atomic mass is 9.98. The van der Waals surface area contributed by atoms with Crippen molar-refractivity contribution in [3.05, 3.63) is 58.7 Å². The van der Waals surface area contributed by atoms with Crippen molar-refractivity contribution in [2.45, 2.75) is 60.0 Å². The molecule has 3 nitrogen and oxygen atoms in total.